The monoisotopic (exact) mass is 270 g/mol. The minimum absolute atomic E-state index is 0.00356. The molecule has 2 aromatic rings. The average molecular weight is 270 g/mol. The molecule has 2 rings (SSSR count). The number of aliphatic hydroxyl groups excluding tert-OH is 1. The molecule has 0 aliphatic heterocycles. The summed E-state index contributed by atoms with van der Waals surface area (Å²) in [5.74, 6) is 0.442. The SMILES string of the molecule is O=Cc1ccc(OCc2ccc(CO)cc2)c(C=O)c1. The van der Waals surface area contributed by atoms with Gasteiger partial charge in [-0.05, 0) is 29.3 Å². The maximum absolute atomic E-state index is 11.0. The Bertz CT molecular complexity index is 602. The van der Waals surface area contributed by atoms with Crippen molar-refractivity contribution in [2.24, 2.45) is 0 Å². The van der Waals surface area contributed by atoms with E-state index < -0.39 is 0 Å². The molecule has 1 N–H and O–H groups in total. The highest BCUT2D eigenvalue weighted by molar-refractivity contribution is 5.84. The summed E-state index contributed by atoms with van der Waals surface area (Å²) >= 11 is 0. The molecule has 0 atom stereocenters. The molecule has 4 heteroatoms. The first-order chi connectivity index (χ1) is 9.76. The molecule has 102 valence electrons. The van der Waals surface area contributed by atoms with Gasteiger partial charge in [0.1, 0.15) is 18.6 Å². The summed E-state index contributed by atoms with van der Waals surface area (Å²) in [5, 5.41) is 8.96. The van der Waals surface area contributed by atoms with E-state index in [1.807, 2.05) is 24.3 Å². The normalized spacial score (nSPS) is 10.1. The second kappa shape index (κ2) is 6.63. The van der Waals surface area contributed by atoms with E-state index in [9.17, 15) is 9.59 Å². The summed E-state index contributed by atoms with van der Waals surface area (Å²) < 4.78 is 5.58. The lowest BCUT2D eigenvalue weighted by molar-refractivity contribution is 0.111. The standard InChI is InChI=1S/C16H14O4/c17-8-12-1-3-13(4-2-12)11-20-16-6-5-14(9-18)7-15(16)10-19/h1-7,9-10,17H,8,11H2. The van der Waals surface area contributed by atoms with E-state index in [1.165, 1.54) is 6.07 Å². The van der Waals surface area contributed by atoms with Crippen LogP contribution in [0.15, 0.2) is 42.5 Å². The van der Waals surface area contributed by atoms with E-state index >= 15 is 0 Å². The Morgan fingerprint density at radius 2 is 1.65 bits per heavy atom. The number of ether oxygens (including phenoxy) is 1. The van der Waals surface area contributed by atoms with Crippen molar-refractivity contribution in [3.05, 3.63) is 64.7 Å². The number of hydrogen-bond donors (Lipinski definition) is 1. The zero-order valence-corrected chi connectivity index (χ0v) is 10.8. The van der Waals surface area contributed by atoms with Gasteiger partial charge in [-0.3, -0.25) is 9.59 Å². The van der Waals surface area contributed by atoms with Crippen molar-refractivity contribution in [3.8, 4) is 5.75 Å². The average Bonchev–Trinajstić information content (AvgIpc) is 2.53. The fourth-order valence-corrected chi connectivity index (χ4v) is 1.77. The van der Waals surface area contributed by atoms with Crippen LogP contribution in [-0.2, 0) is 13.2 Å². The molecule has 0 heterocycles. The summed E-state index contributed by atoms with van der Waals surface area (Å²) in [7, 11) is 0. The Kier molecular flexibility index (Phi) is 4.63. The van der Waals surface area contributed by atoms with E-state index in [0.29, 0.717) is 36.1 Å². The number of benzene rings is 2. The molecule has 0 bridgehead atoms. The van der Waals surface area contributed by atoms with Crippen LogP contribution in [0.3, 0.4) is 0 Å². The molecule has 0 fully saturated rings. The molecule has 20 heavy (non-hydrogen) atoms. The fraction of sp³-hybridized carbons (Fsp3) is 0.125. The van der Waals surface area contributed by atoms with E-state index in [1.54, 1.807) is 12.1 Å². The van der Waals surface area contributed by atoms with E-state index in [2.05, 4.69) is 0 Å². The van der Waals surface area contributed by atoms with Crippen LogP contribution in [0, 0.1) is 0 Å². The molecule has 0 amide bonds. The van der Waals surface area contributed by atoms with Gasteiger partial charge in [0.25, 0.3) is 0 Å². The molecule has 0 aromatic heterocycles. The number of carbonyl (C=O) groups excluding carboxylic acids is 2. The van der Waals surface area contributed by atoms with Crippen LogP contribution < -0.4 is 4.74 Å². The molecule has 0 aliphatic rings. The fourth-order valence-electron chi connectivity index (χ4n) is 1.77. The van der Waals surface area contributed by atoms with Gasteiger partial charge in [0.15, 0.2) is 6.29 Å². The molecule has 0 aliphatic carbocycles. The second-order valence-corrected chi connectivity index (χ2v) is 4.30. The van der Waals surface area contributed by atoms with Crippen LogP contribution in [-0.4, -0.2) is 17.7 Å². The highest BCUT2D eigenvalue weighted by atomic mass is 16.5. The molecule has 0 unspecified atom stereocenters. The van der Waals surface area contributed by atoms with Crippen molar-refractivity contribution in [2.45, 2.75) is 13.2 Å². The summed E-state index contributed by atoms with van der Waals surface area (Å²) in [6.07, 6.45) is 1.35. The van der Waals surface area contributed by atoms with Gasteiger partial charge < -0.3 is 9.84 Å². The molecule has 0 spiro atoms. The quantitative estimate of drug-likeness (QED) is 0.818. The maximum Gasteiger partial charge on any atom is 0.153 e. The van der Waals surface area contributed by atoms with Crippen LogP contribution in [0.4, 0.5) is 0 Å². The van der Waals surface area contributed by atoms with Crippen molar-refractivity contribution < 1.29 is 19.4 Å². The third kappa shape index (κ3) is 3.30. The first-order valence-corrected chi connectivity index (χ1v) is 6.12. The second-order valence-electron chi connectivity index (χ2n) is 4.30. The number of aliphatic hydroxyl groups is 1. The first kappa shape index (κ1) is 14.0. The van der Waals surface area contributed by atoms with Gasteiger partial charge in [-0.15, -0.1) is 0 Å². The molecule has 0 radical (unpaired) electrons. The van der Waals surface area contributed by atoms with E-state index in [0.717, 1.165) is 11.1 Å². The Labute approximate surface area is 116 Å². The van der Waals surface area contributed by atoms with Gasteiger partial charge in [0.05, 0.1) is 12.2 Å². The highest BCUT2D eigenvalue weighted by Crippen LogP contribution is 2.19. The largest absolute Gasteiger partial charge is 0.488 e. The molecule has 0 saturated carbocycles. The van der Waals surface area contributed by atoms with Crippen molar-refractivity contribution in [2.75, 3.05) is 0 Å². The topological polar surface area (TPSA) is 63.6 Å². The maximum atomic E-state index is 11.0. The van der Waals surface area contributed by atoms with Crippen molar-refractivity contribution in [1.29, 1.82) is 0 Å². The van der Waals surface area contributed by atoms with Gasteiger partial charge in [-0.2, -0.15) is 0 Å². The molecule has 4 nitrogen and oxygen atoms in total. The number of hydrogen-bond acceptors (Lipinski definition) is 4. The number of aldehydes is 2. The number of carbonyl (C=O) groups is 2. The van der Waals surface area contributed by atoms with E-state index in [4.69, 9.17) is 9.84 Å². The van der Waals surface area contributed by atoms with Crippen LogP contribution >= 0.6 is 0 Å². The molecule has 0 saturated heterocycles. The molecule has 2 aromatic carbocycles. The summed E-state index contributed by atoms with van der Waals surface area (Å²) in [5.41, 5.74) is 2.55. The predicted octanol–water partition coefficient (Wildman–Crippen LogP) is 2.38. The van der Waals surface area contributed by atoms with Crippen molar-refractivity contribution >= 4 is 12.6 Å². The zero-order chi connectivity index (χ0) is 14.4. The lowest BCUT2D eigenvalue weighted by atomic mass is 10.1. The smallest absolute Gasteiger partial charge is 0.153 e. The lowest BCUT2D eigenvalue weighted by Crippen LogP contribution is -1.99. The third-order valence-electron chi connectivity index (χ3n) is 2.90. The molecular formula is C16H14O4. The number of rotatable bonds is 6. The van der Waals surface area contributed by atoms with Crippen LogP contribution in [0.1, 0.15) is 31.8 Å². The van der Waals surface area contributed by atoms with Gasteiger partial charge in [0, 0.05) is 5.56 Å². The minimum Gasteiger partial charge on any atom is -0.488 e. The summed E-state index contributed by atoms with van der Waals surface area (Å²) in [6.45, 7) is 0.316. The predicted molar refractivity (Wildman–Crippen MR) is 73.9 cm³/mol. The van der Waals surface area contributed by atoms with Crippen LogP contribution in [0.25, 0.3) is 0 Å². The first-order valence-electron chi connectivity index (χ1n) is 6.12. The van der Waals surface area contributed by atoms with Crippen molar-refractivity contribution in [3.63, 3.8) is 0 Å². The summed E-state index contributed by atoms with van der Waals surface area (Å²) in [6, 6.07) is 12.0. The van der Waals surface area contributed by atoms with Gasteiger partial charge in [-0.1, -0.05) is 24.3 Å². The van der Waals surface area contributed by atoms with Gasteiger partial charge in [0.2, 0.25) is 0 Å². The molecular weight excluding hydrogens is 256 g/mol. The minimum atomic E-state index is 0.00356. The van der Waals surface area contributed by atoms with Gasteiger partial charge in [-0.25, -0.2) is 0 Å². The zero-order valence-electron chi connectivity index (χ0n) is 10.8. The van der Waals surface area contributed by atoms with Crippen LogP contribution in [0.5, 0.6) is 5.75 Å². The highest BCUT2D eigenvalue weighted by Gasteiger charge is 2.05. The third-order valence-corrected chi connectivity index (χ3v) is 2.90. The summed E-state index contributed by atoms with van der Waals surface area (Å²) in [4.78, 5) is 21.6. The Morgan fingerprint density at radius 3 is 2.25 bits per heavy atom. The van der Waals surface area contributed by atoms with E-state index in [-0.39, 0.29) is 6.61 Å². The lowest BCUT2D eigenvalue weighted by Gasteiger charge is -2.09. The van der Waals surface area contributed by atoms with Gasteiger partial charge >= 0.3 is 0 Å². The Hall–Kier alpha value is -2.46. The van der Waals surface area contributed by atoms with Crippen molar-refractivity contribution in [1.82, 2.24) is 0 Å². The van der Waals surface area contributed by atoms with Crippen LogP contribution in [0.2, 0.25) is 0 Å². The Balaban J connectivity index is 2.09. The Morgan fingerprint density at radius 1 is 0.950 bits per heavy atom.